The first-order valence-corrected chi connectivity index (χ1v) is 3.80. The molecule has 0 amide bonds. The molecule has 5 heteroatoms. The van der Waals surface area contributed by atoms with Crippen LogP contribution in [0.1, 0.15) is 0 Å². The number of aliphatic imine (C=N–C) groups is 1. The highest BCUT2D eigenvalue weighted by molar-refractivity contribution is 6.48. The first-order valence-electron chi connectivity index (χ1n) is 3.27. The third kappa shape index (κ3) is 1.52. The predicted octanol–water partition coefficient (Wildman–Crippen LogP) is -0.000900. The molecular formula is C6H11ClN3O+. The van der Waals surface area contributed by atoms with Crippen molar-refractivity contribution in [3.05, 3.63) is 0 Å². The van der Waals surface area contributed by atoms with Crippen LogP contribution < -0.4 is 0 Å². The summed E-state index contributed by atoms with van der Waals surface area (Å²) in [5.74, 6) is 0.933. The number of nitrogens with zero attached hydrogens (tertiary/aromatic N) is 3. The van der Waals surface area contributed by atoms with Crippen LogP contribution >= 0.6 is 11.6 Å². The molecule has 0 radical (unpaired) electrons. The fourth-order valence-electron chi connectivity index (χ4n) is 0.971. The summed E-state index contributed by atoms with van der Waals surface area (Å²) in [4.78, 5) is 4.07. The third-order valence-corrected chi connectivity index (χ3v) is 1.84. The van der Waals surface area contributed by atoms with Crippen molar-refractivity contribution in [3.63, 3.8) is 0 Å². The van der Waals surface area contributed by atoms with Crippen LogP contribution in [-0.2, 0) is 0 Å². The molecule has 0 aromatic carbocycles. The van der Waals surface area contributed by atoms with Crippen molar-refractivity contribution < 1.29 is 9.78 Å². The van der Waals surface area contributed by atoms with Gasteiger partial charge in [-0.1, -0.05) is 0 Å². The number of halogens is 1. The van der Waals surface area contributed by atoms with E-state index in [9.17, 15) is 0 Å². The van der Waals surface area contributed by atoms with E-state index in [-0.39, 0.29) is 0 Å². The van der Waals surface area contributed by atoms with Crippen LogP contribution in [-0.4, -0.2) is 53.0 Å². The van der Waals surface area contributed by atoms with Gasteiger partial charge in [-0.05, 0) is 0 Å². The monoisotopic (exact) mass is 176 g/mol. The number of hydroxylamine groups is 2. The zero-order valence-electron chi connectivity index (χ0n) is 6.58. The molecule has 1 aliphatic rings. The van der Waals surface area contributed by atoms with Gasteiger partial charge in [0.15, 0.2) is 0 Å². The Morgan fingerprint density at radius 1 is 1.82 bits per heavy atom. The zero-order chi connectivity index (χ0) is 8.43. The normalized spacial score (nSPS) is 17.3. The maximum atomic E-state index is 9.07. The van der Waals surface area contributed by atoms with Crippen LogP contribution in [0.25, 0.3) is 0 Å². The van der Waals surface area contributed by atoms with Crippen LogP contribution in [0.2, 0.25) is 0 Å². The van der Waals surface area contributed by atoms with Crippen molar-refractivity contribution in [2.45, 2.75) is 0 Å². The van der Waals surface area contributed by atoms with Crippen LogP contribution in [0.15, 0.2) is 4.99 Å². The maximum Gasteiger partial charge on any atom is 0.238 e. The van der Waals surface area contributed by atoms with Gasteiger partial charge in [0.05, 0.1) is 0 Å². The van der Waals surface area contributed by atoms with Gasteiger partial charge < -0.3 is 0 Å². The van der Waals surface area contributed by atoms with Crippen molar-refractivity contribution >= 4 is 23.1 Å². The molecule has 1 heterocycles. The second-order valence-electron chi connectivity index (χ2n) is 2.43. The summed E-state index contributed by atoms with van der Waals surface area (Å²) < 4.78 is 1.90. The van der Waals surface area contributed by atoms with Crippen LogP contribution in [0.5, 0.6) is 0 Å². The summed E-state index contributed by atoms with van der Waals surface area (Å²) in [6.45, 7) is 0.572. The van der Waals surface area contributed by atoms with E-state index in [4.69, 9.17) is 16.8 Å². The maximum absolute atomic E-state index is 9.07. The van der Waals surface area contributed by atoms with Crippen molar-refractivity contribution in [3.8, 4) is 0 Å². The van der Waals surface area contributed by atoms with E-state index < -0.39 is 0 Å². The van der Waals surface area contributed by atoms with E-state index in [2.05, 4.69) is 4.99 Å². The zero-order valence-corrected chi connectivity index (χ0v) is 7.34. The summed E-state index contributed by atoms with van der Waals surface area (Å²) in [5, 5.41) is 10.1. The minimum atomic E-state index is 0.375. The standard InChI is InChI=1S/C6H11ClN3O/c1-9-4-8-6(10(2)11)5(9)3-7/h11H,3-4H2,1-2H3/q+1. The van der Waals surface area contributed by atoms with Gasteiger partial charge in [0.25, 0.3) is 0 Å². The first kappa shape index (κ1) is 8.49. The molecule has 0 bridgehead atoms. The van der Waals surface area contributed by atoms with Gasteiger partial charge in [-0.15, -0.1) is 11.6 Å². The first-order chi connectivity index (χ1) is 5.16. The molecule has 1 aliphatic heterocycles. The smallest absolute Gasteiger partial charge is 0.238 e. The highest BCUT2D eigenvalue weighted by atomic mass is 35.5. The molecule has 4 nitrogen and oxygen atoms in total. The lowest BCUT2D eigenvalue weighted by Gasteiger charge is -2.06. The average molecular weight is 177 g/mol. The largest absolute Gasteiger partial charge is 0.287 e. The molecule has 11 heavy (non-hydrogen) atoms. The fourth-order valence-corrected chi connectivity index (χ4v) is 1.29. The van der Waals surface area contributed by atoms with E-state index in [0.717, 1.165) is 10.8 Å². The minimum absolute atomic E-state index is 0.375. The Morgan fingerprint density at radius 3 is 2.82 bits per heavy atom. The molecule has 1 rings (SSSR count). The van der Waals surface area contributed by atoms with Crippen molar-refractivity contribution in [2.75, 3.05) is 26.6 Å². The molecule has 0 fully saturated rings. The Labute approximate surface area is 70.4 Å². The van der Waals surface area contributed by atoms with Gasteiger partial charge in [-0.2, -0.15) is 4.99 Å². The summed E-state index contributed by atoms with van der Waals surface area (Å²) in [6, 6.07) is 0. The summed E-state index contributed by atoms with van der Waals surface area (Å²) in [6.07, 6.45) is 0. The van der Waals surface area contributed by atoms with E-state index in [1.54, 1.807) is 0 Å². The minimum Gasteiger partial charge on any atom is -0.287 e. The van der Waals surface area contributed by atoms with Crippen molar-refractivity contribution in [1.82, 2.24) is 5.06 Å². The molecule has 0 atom stereocenters. The Balaban J connectivity index is 2.85. The van der Waals surface area contributed by atoms with Crippen LogP contribution in [0, 0.1) is 0 Å². The highest BCUT2D eigenvalue weighted by Crippen LogP contribution is 1.99. The molecule has 62 valence electrons. The molecule has 0 spiro atoms. The van der Waals surface area contributed by atoms with Gasteiger partial charge in [0.1, 0.15) is 12.9 Å². The molecule has 0 aliphatic carbocycles. The van der Waals surface area contributed by atoms with E-state index >= 15 is 0 Å². The van der Waals surface area contributed by atoms with Crippen molar-refractivity contribution in [2.24, 2.45) is 4.99 Å². The Kier molecular flexibility index (Phi) is 2.46. The van der Waals surface area contributed by atoms with Crippen LogP contribution in [0.4, 0.5) is 0 Å². The van der Waals surface area contributed by atoms with E-state index in [0.29, 0.717) is 18.4 Å². The van der Waals surface area contributed by atoms with E-state index in [1.165, 1.54) is 7.05 Å². The lowest BCUT2D eigenvalue weighted by molar-refractivity contribution is -0.490. The lowest BCUT2D eigenvalue weighted by atomic mass is 10.4. The molecule has 0 unspecified atom stereocenters. The molecular weight excluding hydrogens is 166 g/mol. The van der Waals surface area contributed by atoms with Crippen molar-refractivity contribution in [1.29, 1.82) is 0 Å². The molecule has 1 N–H and O–H groups in total. The molecule has 0 saturated carbocycles. The van der Waals surface area contributed by atoms with Gasteiger partial charge >= 0.3 is 0 Å². The predicted molar refractivity (Wildman–Crippen MR) is 43.8 cm³/mol. The lowest BCUT2D eigenvalue weighted by Crippen LogP contribution is -2.32. The highest BCUT2D eigenvalue weighted by Gasteiger charge is 2.25. The van der Waals surface area contributed by atoms with Gasteiger partial charge in [0, 0.05) is 7.05 Å². The van der Waals surface area contributed by atoms with E-state index in [1.807, 2.05) is 11.6 Å². The third-order valence-electron chi connectivity index (χ3n) is 1.58. The second kappa shape index (κ2) is 3.19. The fraction of sp³-hybridized carbons (Fsp3) is 0.667. The van der Waals surface area contributed by atoms with Gasteiger partial charge in [0.2, 0.25) is 18.2 Å². The Bertz CT molecular complexity index is 222. The molecule has 0 aromatic heterocycles. The number of hydrogen-bond acceptors (Lipinski definition) is 3. The number of rotatable bonds is 1. The summed E-state index contributed by atoms with van der Waals surface area (Å²) in [7, 11) is 3.42. The van der Waals surface area contributed by atoms with Gasteiger partial charge in [-0.3, -0.25) is 5.21 Å². The quantitative estimate of drug-likeness (QED) is 0.347. The number of hydrogen-bond donors (Lipinski definition) is 1. The topological polar surface area (TPSA) is 38.8 Å². The molecule has 0 saturated heterocycles. The summed E-state index contributed by atoms with van der Waals surface area (Å²) >= 11 is 5.64. The SMILES string of the molecule is CN(O)C1=NC[N+](C)=C1CCl. The van der Waals surface area contributed by atoms with Gasteiger partial charge in [-0.25, -0.2) is 9.64 Å². The Hall–Kier alpha value is -0.610. The summed E-state index contributed by atoms with van der Waals surface area (Å²) in [5.41, 5.74) is 0.858. The average Bonchev–Trinajstić information content (AvgIpc) is 2.30. The second-order valence-corrected chi connectivity index (χ2v) is 2.69. The Morgan fingerprint density at radius 2 is 2.45 bits per heavy atom. The van der Waals surface area contributed by atoms with Crippen LogP contribution in [0.3, 0.4) is 0 Å². The number of alkyl halides is 1. The molecule has 0 aromatic rings. The number of amidine groups is 1.